The van der Waals surface area contributed by atoms with Gasteiger partial charge in [-0.3, -0.25) is 4.99 Å². The molecule has 1 fully saturated rings. The highest BCUT2D eigenvalue weighted by Gasteiger charge is 2.28. The molecular weight excluding hydrogens is 240 g/mol. The third-order valence-corrected chi connectivity index (χ3v) is 5.98. The van der Waals surface area contributed by atoms with Gasteiger partial charge in [-0.15, -0.1) is 0 Å². The van der Waals surface area contributed by atoms with Gasteiger partial charge in [-0.25, -0.2) is 0 Å². The molecule has 0 amide bonds. The van der Waals surface area contributed by atoms with Gasteiger partial charge in [0, 0.05) is 11.3 Å². The average Bonchev–Trinajstić information content (AvgIpc) is 2.82. The van der Waals surface area contributed by atoms with E-state index < -0.39 is 0 Å². The van der Waals surface area contributed by atoms with Crippen LogP contribution in [0.5, 0.6) is 0 Å². The van der Waals surface area contributed by atoms with Crippen molar-refractivity contribution in [3.8, 4) is 0 Å². The fraction of sp³-hybridized carbons (Fsp3) is 0.933. The van der Waals surface area contributed by atoms with Crippen LogP contribution < -0.4 is 5.32 Å². The third kappa shape index (κ3) is 3.43. The molecule has 0 radical (unpaired) electrons. The summed E-state index contributed by atoms with van der Waals surface area (Å²) in [7, 11) is 0. The molecular formula is C15H28N2S. The summed E-state index contributed by atoms with van der Waals surface area (Å²) in [5.74, 6) is 1.65. The Labute approximate surface area is 116 Å². The van der Waals surface area contributed by atoms with E-state index in [0.717, 1.165) is 23.6 Å². The predicted molar refractivity (Wildman–Crippen MR) is 82.3 cm³/mol. The van der Waals surface area contributed by atoms with Gasteiger partial charge in [0.2, 0.25) is 0 Å². The maximum absolute atomic E-state index is 4.73. The van der Waals surface area contributed by atoms with E-state index in [0.29, 0.717) is 6.04 Å². The second-order valence-electron chi connectivity index (χ2n) is 5.89. The first-order chi connectivity index (χ1) is 8.74. The van der Waals surface area contributed by atoms with E-state index in [1.54, 1.807) is 0 Å². The van der Waals surface area contributed by atoms with Gasteiger partial charge in [0.25, 0.3) is 0 Å². The van der Waals surface area contributed by atoms with Crippen LogP contribution in [0.4, 0.5) is 0 Å². The molecule has 0 aromatic carbocycles. The molecule has 18 heavy (non-hydrogen) atoms. The van der Waals surface area contributed by atoms with Gasteiger partial charge in [0.05, 0.1) is 6.54 Å². The number of amidine groups is 1. The highest BCUT2D eigenvalue weighted by molar-refractivity contribution is 8.14. The zero-order valence-corrected chi connectivity index (χ0v) is 12.9. The average molecular weight is 268 g/mol. The smallest absolute Gasteiger partial charge is 0.157 e. The van der Waals surface area contributed by atoms with E-state index in [1.165, 1.54) is 43.7 Å². The van der Waals surface area contributed by atoms with Crippen molar-refractivity contribution in [1.29, 1.82) is 0 Å². The third-order valence-electron chi connectivity index (χ3n) is 4.67. The Kier molecular flexibility index (Phi) is 5.40. The van der Waals surface area contributed by atoms with Gasteiger partial charge in [0.15, 0.2) is 5.17 Å². The minimum atomic E-state index is 0.672. The van der Waals surface area contributed by atoms with Crippen LogP contribution in [0.2, 0.25) is 0 Å². The monoisotopic (exact) mass is 268 g/mol. The highest BCUT2D eigenvalue weighted by Crippen LogP contribution is 2.32. The van der Waals surface area contributed by atoms with Gasteiger partial charge in [-0.2, -0.15) is 0 Å². The van der Waals surface area contributed by atoms with Gasteiger partial charge in [-0.1, -0.05) is 58.2 Å². The number of nitrogens with zero attached hydrogens (tertiary/aromatic N) is 1. The van der Waals surface area contributed by atoms with Crippen molar-refractivity contribution < 1.29 is 0 Å². The Hall–Kier alpha value is -0.180. The zero-order chi connectivity index (χ0) is 13.0. The molecule has 0 bridgehead atoms. The summed E-state index contributed by atoms with van der Waals surface area (Å²) in [4.78, 5) is 4.73. The Balaban J connectivity index is 1.81. The predicted octanol–water partition coefficient (Wildman–Crippen LogP) is 4.06. The van der Waals surface area contributed by atoms with E-state index in [9.17, 15) is 0 Å². The largest absolute Gasteiger partial charge is 0.362 e. The Morgan fingerprint density at radius 1 is 1.28 bits per heavy atom. The van der Waals surface area contributed by atoms with Crippen LogP contribution in [0.3, 0.4) is 0 Å². The van der Waals surface area contributed by atoms with Crippen LogP contribution in [0.1, 0.15) is 59.3 Å². The van der Waals surface area contributed by atoms with E-state index in [-0.39, 0.29) is 0 Å². The molecule has 1 N–H and O–H groups in total. The molecule has 2 aliphatic rings. The second kappa shape index (κ2) is 6.83. The van der Waals surface area contributed by atoms with Crippen molar-refractivity contribution in [1.82, 2.24) is 5.32 Å². The minimum absolute atomic E-state index is 0.672. The zero-order valence-electron chi connectivity index (χ0n) is 12.1. The number of hydrogen-bond donors (Lipinski definition) is 1. The van der Waals surface area contributed by atoms with Crippen molar-refractivity contribution in [3.63, 3.8) is 0 Å². The van der Waals surface area contributed by atoms with Crippen molar-refractivity contribution >= 4 is 16.9 Å². The standard InChI is InChI=1S/C15H28N2S/c1-4-12(5-2)14-10-16-15(18-14)17-13-9-7-6-8-11(13)3/h11-14H,4-10H2,1-3H3,(H,16,17). The molecule has 1 aliphatic heterocycles. The molecule has 0 aromatic heterocycles. The van der Waals surface area contributed by atoms with Gasteiger partial charge < -0.3 is 5.32 Å². The van der Waals surface area contributed by atoms with Crippen LogP contribution in [0, 0.1) is 11.8 Å². The molecule has 3 heteroatoms. The highest BCUT2D eigenvalue weighted by atomic mass is 32.2. The van der Waals surface area contributed by atoms with Crippen LogP contribution >= 0.6 is 11.8 Å². The fourth-order valence-corrected chi connectivity index (χ4v) is 4.60. The Morgan fingerprint density at radius 3 is 2.67 bits per heavy atom. The Bertz CT molecular complexity index is 286. The van der Waals surface area contributed by atoms with Gasteiger partial charge in [-0.05, 0) is 24.7 Å². The van der Waals surface area contributed by atoms with Crippen molar-refractivity contribution in [2.45, 2.75) is 70.6 Å². The molecule has 3 atom stereocenters. The van der Waals surface area contributed by atoms with Crippen molar-refractivity contribution in [2.24, 2.45) is 16.8 Å². The maximum atomic E-state index is 4.73. The number of hydrogen-bond acceptors (Lipinski definition) is 3. The molecule has 1 saturated carbocycles. The lowest BCUT2D eigenvalue weighted by Gasteiger charge is -2.30. The summed E-state index contributed by atoms with van der Waals surface area (Å²) in [6.45, 7) is 8.03. The van der Waals surface area contributed by atoms with Crippen LogP contribution in [0.15, 0.2) is 4.99 Å². The fourth-order valence-electron chi connectivity index (χ4n) is 3.22. The summed E-state index contributed by atoms with van der Waals surface area (Å²) in [5.41, 5.74) is 0. The molecule has 1 aliphatic carbocycles. The molecule has 2 rings (SSSR count). The number of rotatable bonds is 4. The molecule has 104 valence electrons. The van der Waals surface area contributed by atoms with Crippen molar-refractivity contribution in [2.75, 3.05) is 6.54 Å². The quantitative estimate of drug-likeness (QED) is 0.831. The summed E-state index contributed by atoms with van der Waals surface area (Å²) in [6.07, 6.45) is 8.08. The second-order valence-corrected chi connectivity index (χ2v) is 7.12. The number of aliphatic imine (C=N–C) groups is 1. The molecule has 3 unspecified atom stereocenters. The lowest BCUT2D eigenvalue weighted by atomic mass is 9.86. The Morgan fingerprint density at radius 2 is 2.00 bits per heavy atom. The van der Waals surface area contributed by atoms with Crippen LogP contribution in [0.25, 0.3) is 0 Å². The van der Waals surface area contributed by atoms with E-state index >= 15 is 0 Å². The summed E-state index contributed by atoms with van der Waals surface area (Å²) >= 11 is 2.00. The summed E-state index contributed by atoms with van der Waals surface area (Å²) in [6, 6.07) is 0.672. The van der Waals surface area contributed by atoms with Crippen LogP contribution in [-0.4, -0.2) is 23.0 Å². The minimum Gasteiger partial charge on any atom is -0.362 e. The lowest BCUT2D eigenvalue weighted by molar-refractivity contribution is 0.310. The first-order valence-corrected chi connectivity index (χ1v) is 8.60. The van der Waals surface area contributed by atoms with E-state index in [1.807, 2.05) is 11.8 Å². The van der Waals surface area contributed by atoms with E-state index in [4.69, 9.17) is 4.99 Å². The topological polar surface area (TPSA) is 24.4 Å². The van der Waals surface area contributed by atoms with E-state index in [2.05, 4.69) is 26.1 Å². The van der Waals surface area contributed by atoms with Gasteiger partial charge in [0.1, 0.15) is 0 Å². The normalized spacial score (nSPS) is 32.7. The molecule has 0 aromatic rings. The SMILES string of the molecule is CCC(CC)C1CN=C(NC2CCCCC2C)S1. The molecule has 1 heterocycles. The van der Waals surface area contributed by atoms with Gasteiger partial charge >= 0.3 is 0 Å². The summed E-state index contributed by atoms with van der Waals surface area (Å²) < 4.78 is 0. The lowest BCUT2D eigenvalue weighted by Crippen LogP contribution is -2.39. The molecule has 2 nitrogen and oxygen atoms in total. The summed E-state index contributed by atoms with van der Waals surface area (Å²) in [5, 5.41) is 5.66. The maximum Gasteiger partial charge on any atom is 0.157 e. The number of nitrogens with one attached hydrogen (secondary N) is 1. The van der Waals surface area contributed by atoms with Crippen LogP contribution in [-0.2, 0) is 0 Å². The molecule has 0 saturated heterocycles. The van der Waals surface area contributed by atoms with Crippen molar-refractivity contribution in [3.05, 3.63) is 0 Å². The number of thioether (sulfide) groups is 1. The first kappa shape index (κ1) is 14.2. The first-order valence-electron chi connectivity index (χ1n) is 7.72. The molecule has 0 spiro atoms.